The second kappa shape index (κ2) is 5.86. The standard InChI is InChI=1S/C13H14ClN3O2/c1-3-4-10(15)13-16-12(17-19-13)9-6-5-8(14)7-11(9)18-2/h3,5-7,10H,1,4,15H2,2H3. The van der Waals surface area contributed by atoms with Crippen LogP contribution in [0.25, 0.3) is 11.4 Å². The molecule has 100 valence electrons. The lowest BCUT2D eigenvalue weighted by Gasteiger charge is -2.05. The zero-order valence-corrected chi connectivity index (χ0v) is 11.2. The van der Waals surface area contributed by atoms with E-state index < -0.39 is 0 Å². The fraction of sp³-hybridized carbons (Fsp3) is 0.231. The molecule has 2 N–H and O–H groups in total. The van der Waals surface area contributed by atoms with Gasteiger partial charge in [0.25, 0.3) is 0 Å². The molecule has 0 spiro atoms. The molecule has 1 aromatic heterocycles. The number of rotatable bonds is 5. The van der Waals surface area contributed by atoms with Crippen molar-refractivity contribution >= 4 is 11.6 Å². The number of ether oxygens (including phenoxy) is 1. The maximum atomic E-state index is 5.90. The third-order valence-electron chi connectivity index (χ3n) is 2.58. The van der Waals surface area contributed by atoms with E-state index in [0.29, 0.717) is 34.5 Å². The van der Waals surface area contributed by atoms with Crippen molar-refractivity contribution in [2.75, 3.05) is 7.11 Å². The van der Waals surface area contributed by atoms with Crippen LogP contribution in [0, 0.1) is 0 Å². The van der Waals surface area contributed by atoms with Gasteiger partial charge >= 0.3 is 0 Å². The summed E-state index contributed by atoms with van der Waals surface area (Å²) < 4.78 is 10.4. The Balaban J connectivity index is 2.35. The Morgan fingerprint density at radius 2 is 2.37 bits per heavy atom. The number of nitrogens with two attached hydrogens (primary N) is 1. The van der Waals surface area contributed by atoms with E-state index in [0.717, 1.165) is 0 Å². The molecule has 1 heterocycles. The van der Waals surface area contributed by atoms with E-state index in [1.165, 1.54) is 0 Å². The lowest BCUT2D eigenvalue weighted by atomic mass is 10.2. The van der Waals surface area contributed by atoms with Crippen LogP contribution in [0.15, 0.2) is 35.4 Å². The zero-order chi connectivity index (χ0) is 13.8. The SMILES string of the molecule is C=CCC(N)c1nc(-c2ccc(Cl)cc2OC)no1. The van der Waals surface area contributed by atoms with E-state index in [1.54, 1.807) is 31.4 Å². The molecular weight excluding hydrogens is 266 g/mol. The third-order valence-corrected chi connectivity index (χ3v) is 2.82. The second-order valence-corrected chi connectivity index (χ2v) is 4.37. The molecule has 1 aromatic carbocycles. The van der Waals surface area contributed by atoms with Gasteiger partial charge in [0.1, 0.15) is 5.75 Å². The van der Waals surface area contributed by atoms with E-state index in [4.69, 9.17) is 26.6 Å². The van der Waals surface area contributed by atoms with Crippen LogP contribution in [0.4, 0.5) is 0 Å². The summed E-state index contributed by atoms with van der Waals surface area (Å²) in [6.45, 7) is 3.62. The van der Waals surface area contributed by atoms with E-state index in [-0.39, 0.29) is 6.04 Å². The lowest BCUT2D eigenvalue weighted by molar-refractivity contribution is 0.355. The normalized spacial score (nSPS) is 12.2. The molecule has 0 amide bonds. The molecule has 1 atom stereocenters. The summed E-state index contributed by atoms with van der Waals surface area (Å²) in [5, 5.41) is 4.48. The van der Waals surface area contributed by atoms with Crippen molar-refractivity contribution in [1.29, 1.82) is 0 Å². The van der Waals surface area contributed by atoms with Crippen LogP contribution >= 0.6 is 11.6 Å². The van der Waals surface area contributed by atoms with Crippen LogP contribution < -0.4 is 10.5 Å². The average molecular weight is 280 g/mol. The van der Waals surface area contributed by atoms with Gasteiger partial charge in [-0.2, -0.15) is 4.98 Å². The number of benzene rings is 1. The Kier molecular flexibility index (Phi) is 4.19. The minimum atomic E-state index is -0.350. The summed E-state index contributed by atoms with van der Waals surface area (Å²) in [7, 11) is 1.56. The molecule has 0 saturated heterocycles. The highest BCUT2D eigenvalue weighted by atomic mass is 35.5. The number of aromatic nitrogens is 2. The molecule has 5 nitrogen and oxygen atoms in total. The molecule has 2 rings (SSSR count). The van der Waals surface area contributed by atoms with Gasteiger partial charge in [0.05, 0.1) is 18.7 Å². The molecule has 0 aliphatic rings. The predicted molar refractivity (Wildman–Crippen MR) is 73.0 cm³/mol. The van der Waals surface area contributed by atoms with Crippen molar-refractivity contribution in [3.05, 3.63) is 41.8 Å². The van der Waals surface area contributed by atoms with Crippen LogP contribution in [0.2, 0.25) is 5.02 Å². The van der Waals surface area contributed by atoms with Gasteiger partial charge in [-0.25, -0.2) is 0 Å². The molecule has 0 aliphatic heterocycles. The highest BCUT2D eigenvalue weighted by Gasteiger charge is 2.17. The van der Waals surface area contributed by atoms with Crippen molar-refractivity contribution in [2.45, 2.75) is 12.5 Å². The second-order valence-electron chi connectivity index (χ2n) is 3.93. The van der Waals surface area contributed by atoms with Crippen LogP contribution in [0.3, 0.4) is 0 Å². The highest BCUT2D eigenvalue weighted by molar-refractivity contribution is 6.30. The van der Waals surface area contributed by atoms with Crippen molar-refractivity contribution in [1.82, 2.24) is 10.1 Å². The molecular formula is C13H14ClN3O2. The third kappa shape index (κ3) is 2.94. The largest absolute Gasteiger partial charge is 0.496 e. The molecule has 0 saturated carbocycles. The fourth-order valence-electron chi connectivity index (χ4n) is 1.63. The van der Waals surface area contributed by atoms with Gasteiger partial charge in [0, 0.05) is 5.02 Å². The summed E-state index contributed by atoms with van der Waals surface area (Å²) >= 11 is 5.90. The molecule has 19 heavy (non-hydrogen) atoms. The number of nitrogens with zero attached hydrogens (tertiary/aromatic N) is 2. The molecule has 0 aliphatic carbocycles. The van der Waals surface area contributed by atoms with Gasteiger partial charge in [0.2, 0.25) is 11.7 Å². The van der Waals surface area contributed by atoms with Gasteiger partial charge in [-0.1, -0.05) is 22.8 Å². The first-order valence-electron chi connectivity index (χ1n) is 5.69. The molecule has 0 radical (unpaired) electrons. The average Bonchev–Trinajstić information content (AvgIpc) is 2.88. The summed E-state index contributed by atoms with van der Waals surface area (Å²) in [4.78, 5) is 4.26. The Morgan fingerprint density at radius 3 is 3.05 bits per heavy atom. The van der Waals surface area contributed by atoms with Gasteiger partial charge in [0.15, 0.2) is 0 Å². The van der Waals surface area contributed by atoms with Crippen molar-refractivity contribution in [3.8, 4) is 17.1 Å². The Bertz CT molecular complexity index is 583. The first-order valence-corrected chi connectivity index (χ1v) is 6.07. The minimum absolute atomic E-state index is 0.350. The fourth-order valence-corrected chi connectivity index (χ4v) is 1.79. The number of hydrogen-bond acceptors (Lipinski definition) is 5. The van der Waals surface area contributed by atoms with Gasteiger partial charge in [-0.3, -0.25) is 0 Å². The summed E-state index contributed by atoms with van der Waals surface area (Å²) in [5.41, 5.74) is 6.57. The maximum Gasteiger partial charge on any atom is 0.244 e. The Morgan fingerprint density at radius 1 is 1.58 bits per heavy atom. The first kappa shape index (κ1) is 13.6. The quantitative estimate of drug-likeness (QED) is 0.852. The van der Waals surface area contributed by atoms with Crippen molar-refractivity contribution < 1.29 is 9.26 Å². The number of halogens is 1. The summed E-state index contributed by atoms with van der Waals surface area (Å²) in [6.07, 6.45) is 2.27. The molecule has 0 bridgehead atoms. The Hall–Kier alpha value is -1.85. The van der Waals surface area contributed by atoms with Crippen LogP contribution in [-0.2, 0) is 0 Å². The van der Waals surface area contributed by atoms with Crippen LogP contribution in [-0.4, -0.2) is 17.3 Å². The predicted octanol–water partition coefficient (Wildman–Crippen LogP) is 2.97. The van der Waals surface area contributed by atoms with E-state index >= 15 is 0 Å². The highest BCUT2D eigenvalue weighted by Crippen LogP contribution is 2.31. The topological polar surface area (TPSA) is 74.2 Å². The number of hydrogen-bond donors (Lipinski definition) is 1. The molecule has 2 aromatic rings. The summed E-state index contributed by atoms with van der Waals surface area (Å²) in [6, 6.07) is 4.85. The first-order chi connectivity index (χ1) is 9.15. The maximum absolute atomic E-state index is 5.90. The lowest BCUT2D eigenvalue weighted by Crippen LogP contribution is -2.09. The van der Waals surface area contributed by atoms with E-state index in [1.807, 2.05) is 0 Å². The van der Waals surface area contributed by atoms with Crippen LogP contribution in [0.5, 0.6) is 5.75 Å². The monoisotopic (exact) mass is 279 g/mol. The summed E-state index contributed by atoms with van der Waals surface area (Å²) in [5.74, 6) is 1.37. The molecule has 6 heteroatoms. The van der Waals surface area contributed by atoms with Gasteiger partial charge in [-0.05, 0) is 24.6 Å². The Labute approximate surface area is 116 Å². The zero-order valence-electron chi connectivity index (χ0n) is 10.5. The van der Waals surface area contributed by atoms with E-state index in [2.05, 4.69) is 16.7 Å². The van der Waals surface area contributed by atoms with Gasteiger partial charge < -0.3 is 15.0 Å². The van der Waals surface area contributed by atoms with Crippen molar-refractivity contribution in [3.63, 3.8) is 0 Å². The molecule has 1 unspecified atom stereocenters. The minimum Gasteiger partial charge on any atom is -0.496 e. The smallest absolute Gasteiger partial charge is 0.244 e. The van der Waals surface area contributed by atoms with Crippen LogP contribution in [0.1, 0.15) is 18.4 Å². The van der Waals surface area contributed by atoms with Crippen molar-refractivity contribution in [2.24, 2.45) is 5.73 Å². The van der Waals surface area contributed by atoms with E-state index in [9.17, 15) is 0 Å². The number of methoxy groups -OCH3 is 1. The van der Waals surface area contributed by atoms with Gasteiger partial charge in [-0.15, -0.1) is 6.58 Å². The molecule has 0 fully saturated rings.